The summed E-state index contributed by atoms with van der Waals surface area (Å²) in [5.41, 5.74) is 5.70. The normalized spacial score (nSPS) is 29.3. The van der Waals surface area contributed by atoms with Crippen LogP contribution in [0.5, 0.6) is 0 Å². The van der Waals surface area contributed by atoms with Crippen LogP contribution in [0.25, 0.3) is 0 Å². The molecule has 0 saturated heterocycles. The van der Waals surface area contributed by atoms with Crippen LogP contribution < -0.4 is 0 Å². The third-order valence-corrected chi connectivity index (χ3v) is 3.40. The predicted octanol–water partition coefficient (Wildman–Crippen LogP) is 2.96. The molecule has 1 heteroatoms. The number of fused-ring (bicyclic) bond motifs is 1. The molecule has 1 nitrogen and oxygen atoms in total. The summed E-state index contributed by atoms with van der Waals surface area (Å²) in [5.74, 6) is 0. The van der Waals surface area contributed by atoms with E-state index in [0.717, 1.165) is 12.8 Å². The molecule has 72 valence electrons. The van der Waals surface area contributed by atoms with Crippen molar-refractivity contribution in [1.82, 2.24) is 0 Å². The number of rotatable bonds is 0. The molecule has 0 fully saturated rings. The highest BCUT2D eigenvalue weighted by Gasteiger charge is 2.26. The van der Waals surface area contributed by atoms with Gasteiger partial charge in [-0.05, 0) is 57.1 Å². The minimum absolute atomic E-state index is 0.168. The Morgan fingerprint density at radius 2 is 1.85 bits per heavy atom. The lowest BCUT2D eigenvalue weighted by Crippen LogP contribution is -2.21. The molecule has 2 aliphatic rings. The van der Waals surface area contributed by atoms with Crippen molar-refractivity contribution in [3.05, 3.63) is 22.3 Å². The van der Waals surface area contributed by atoms with Crippen molar-refractivity contribution in [2.75, 3.05) is 0 Å². The molecule has 0 aromatic carbocycles. The monoisotopic (exact) mass is 178 g/mol. The van der Waals surface area contributed by atoms with Gasteiger partial charge in [-0.25, -0.2) is 0 Å². The van der Waals surface area contributed by atoms with Crippen molar-refractivity contribution in [1.29, 1.82) is 0 Å². The van der Waals surface area contributed by atoms with E-state index in [1.165, 1.54) is 41.6 Å². The Hall–Kier alpha value is -0.560. The number of aliphatic hydroxyl groups is 1. The third kappa shape index (κ3) is 1.46. The summed E-state index contributed by atoms with van der Waals surface area (Å²) in [4.78, 5) is 0. The van der Waals surface area contributed by atoms with Gasteiger partial charge in [-0.3, -0.25) is 0 Å². The fourth-order valence-electron chi connectivity index (χ4n) is 2.63. The molecular weight excluding hydrogens is 160 g/mol. The summed E-state index contributed by atoms with van der Waals surface area (Å²) in [5, 5.41) is 9.90. The second-order valence-electron chi connectivity index (χ2n) is 4.36. The van der Waals surface area contributed by atoms with Crippen molar-refractivity contribution in [3.8, 4) is 0 Å². The lowest BCUT2D eigenvalue weighted by atomic mass is 9.77. The van der Waals surface area contributed by atoms with Crippen LogP contribution in [0.2, 0.25) is 0 Å². The van der Waals surface area contributed by atoms with E-state index < -0.39 is 0 Å². The van der Waals surface area contributed by atoms with Crippen molar-refractivity contribution < 1.29 is 5.11 Å². The van der Waals surface area contributed by atoms with Crippen molar-refractivity contribution in [2.45, 2.75) is 52.1 Å². The summed E-state index contributed by atoms with van der Waals surface area (Å²) >= 11 is 0. The molecule has 1 unspecified atom stereocenters. The first-order valence-electron chi connectivity index (χ1n) is 5.27. The zero-order valence-electron chi connectivity index (χ0n) is 8.56. The third-order valence-electron chi connectivity index (χ3n) is 3.40. The van der Waals surface area contributed by atoms with Gasteiger partial charge < -0.3 is 5.11 Å². The average Bonchev–Trinajstić information content (AvgIpc) is 2.12. The summed E-state index contributed by atoms with van der Waals surface area (Å²) in [6.07, 6.45) is 5.50. The minimum Gasteiger partial charge on any atom is -0.388 e. The Balaban J connectivity index is 2.47. The standard InChI is InChI=1S/C12H18O/c1-8-6-7-11(13)12-9(2)4-3-5-10(8)12/h11,13H,3-7H2,1-2H3. The van der Waals surface area contributed by atoms with Crippen molar-refractivity contribution in [2.24, 2.45) is 0 Å². The van der Waals surface area contributed by atoms with Crippen LogP contribution in [0.15, 0.2) is 22.3 Å². The number of aliphatic hydroxyl groups excluding tert-OH is 1. The Morgan fingerprint density at radius 3 is 2.54 bits per heavy atom. The van der Waals surface area contributed by atoms with Crippen molar-refractivity contribution >= 4 is 0 Å². The van der Waals surface area contributed by atoms with Crippen LogP contribution >= 0.6 is 0 Å². The molecule has 2 aliphatic carbocycles. The molecule has 0 aromatic heterocycles. The zero-order chi connectivity index (χ0) is 9.42. The summed E-state index contributed by atoms with van der Waals surface area (Å²) < 4.78 is 0. The lowest BCUT2D eigenvalue weighted by Gasteiger charge is -2.31. The first-order chi connectivity index (χ1) is 6.20. The Morgan fingerprint density at radius 1 is 1.08 bits per heavy atom. The van der Waals surface area contributed by atoms with Crippen LogP contribution in [0.4, 0.5) is 0 Å². The van der Waals surface area contributed by atoms with E-state index in [9.17, 15) is 5.11 Å². The molecule has 1 N–H and O–H groups in total. The Bertz CT molecular complexity index is 283. The van der Waals surface area contributed by atoms with Gasteiger partial charge in [0.15, 0.2) is 0 Å². The topological polar surface area (TPSA) is 20.2 Å². The maximum atomic E-state index is 9.90. The summed E-state index contributed by atoms with van der Waals surface area (Å²) in [6, 6.07) is 0. The molecule has 0 radical (unpaired) electrons. The molecule has 0 aromatic rings. The van der Waals surface area contributed by atoms with Gasteiger partial charge in [0.05, 0.1) is 6.10 Å². The van der Waals surface area contributed by atoms with E-state index in [0.29, 0.717) is 0 Å². The quantitative estimate of drug-likeness (QED) is 0.604. The molecule has 13 heavy (non-hydrogen) atoms. The fourth-order valence-corrected chi connectivity index (χ4v) is 2.63. The number of hydrogen-bond donors (Lipinski definition) is 1. The van der Waals surface area contributed by atoms with E-state index >= 15 is 0 Å². The molecule has 2 rings (SSSR count). The summed E-state index contributed by atoms with van der Waals surface area (Å²) in [6.45, 7) is 4.40. The zero-order valence-corrected chi connectivity index (χ0v) is 8.56. The van der Waals surface area contributed by atoms with Crippen LogP contribution in [0, 0.1) is 0 Å². The number of hydrogen-bond acceptors (Lipinski definition) is 1. The number of allylic oxidation sites excluding steroid dienone is 2. The van der Waals surface area contributed by atoms with Gasteiger partial charge in [-0.1, -0.05) is 11.1 Å². The van der Waals surface area contributed by atoms with Gasteiger partial charge in [0.2, 0.25) is 0 Å². The second kappa shape index (κ2) is 3.30. The van der Waals surface area contributed by atoms with E-state index in [1.54, 1.807) is 0 Å². The van der Waals surface area contributed by atoms with Gasteiger partial charge in [0.25, 0.3) is 0 Å². The summed E-state index contributed by atoms with van der Waals surface area (Å²) in [7, 11) is 0. The molecule has 0 bridgehead atoms. The van der Waals surface area contributed by atoms with Crippen LogP contribution in [0.1, 0.15) is 46.0 Å². The van der Waals surface area contributed by atoms with E-state index in [4.69, 9.17) is 0 Å². The predicted molar refractivity (Wildman–Crippen MR) is 54.5 cm³/mol. The lowest BCUT2D eigenvalue weighted by molar-refractivity contribution is 0.194. The fraction of sp³-hybridized carbons (Fsp3) is 0.667. The van der Waals surface area contributed by atoms with Gasteiger partial charge in [-0.15, -0.1) is 0 Å². The molecule has 0 heterocycles. The second-order valence-corrected chi connectivity index (χ2v) is 4.36. The highest BCUT2D eigenvalue weighted by atomic mass is 16.3. The van der Waals surface area contributed by atoms with Crippen LogP contribution in [-0.4, -0.2) is 11.2 Å². The highest BCUT2D eigenvalue weighted by molar-refractivity contribution is 5.44. The van der Waals surface area contributed by atoms with Gasteiger partial charge in [-0.2, -0.15) is 0 Å². The van der Waals surface area contributed by atoms with Gasteiger partial charge in [0.1, 0.15) is 0 Å². The average molecular weight is 178 g/mol. The maximum absolute atomic E-state index is 9.90. The van der Waals surface area contributed by atoms with Gasteiger partial charge >= 0.3 is 0 Å². The van der Waals surface area contributed by atoms with Crippen molar-refractivity contribution in [3.63, 3.8) is 0 Å². The minimum atomic E-state index is -0.168. The van der Waals surface area contributed by atoms with E-state index in [-0.39, 0.29) is 6.10 Å². The molecule has 1 atom stereocenters. The SMILES string of the molecule is CC1=C2CCCC(C)=C2C(O)CC1. The molecule has 0 saturated carbocycles. The molecule has 0 aliphatic heterocycles. The van der Waals surface area contributed by atoms with Gasteiger partial charge in [0, 0.05) is 0 Å². The molecule has 0 spiro atoms. The van der Waals surface area contributed by atoms with Crippen LogP contribution in [-0.2, 0) is 0 Å². The smallest absolute Gasteiger partial charge is 0.0795 e. The highest BCUT2D eigenvalue weighted by Crippen LogP contribution is 2.39. The molecular formula is C12H18O. The first-order valence-corrected chi connectivity index (χ1v) is 5.27. The maximum Gasteiger partial charge on any atom is 0.0795 e. The molecule has 0 amide bonds. The largest absolute Gasteiger partial charge is 0.388 e. The van der Waals surface area contributed by atoms with E-state index in [2.05, 4.69) is 13.8 Å². The Kier molecular flexibility index (Phi) is 2.29. The Labute approximate surface area is 80.2 Å². The van der Waals surface area contributed by atoms with E-state index in [1.807, 2.05) is 0 Å². The first kappa shape index (κ1) is 9.01. The van der Waals surface area contributed by atoms with Crippen LogP contribution in [0.3, 0.4) is 0 Å².